The first kappa shape index (κ1) is 20.8. The minimum Gasteiger partial charge on any atom is -0.452 e. The van der Waals surface area contributed by atoms with E-state index in [9.17, 15) is 14.4 Å². The summed E-state index contributed by atoms with van der Waals surface area (Å²) in [5, 5.41) is 1.88. The number of hydrogen-bond acceptors (Lipinski definition) is 5. The van der Waals surface area contributed by atoms with Crippen molar-refractivity contribution < 1.29 is 19.1 Å². The van der Waals surface area contributed by atoms with Crippen LogP contribution in [0.3, 0.4) is 0 Å². The van der Waals surface area contributed by atoms with E-state index in [2.05, 4.69) is 0 Å². The van der Waals surface area contributed by atoms with Crippen molar-refractivity contribution in [1.29, 1.82) is 0 Å². The number of esters is 1. The van der Waals surface area contributed by atoms with Crippen LogP contribution in [0.5, 0.6) is 0 Å². The van der Waals surface area contributed by atoms with E-state index in [1.807, 2.05) is 48.7 Å². The van der Waals surface area contributed by atoms with Gasteiger partial charge < -0.3 is 15.4 Å². The Labute approximate surface area is 174 Å². The molecule has 3 rings (SSSR count). The zero-order valence-electron chi connectivity index (χ0n) is 16.3. The van der Waals surface area contributed by atoms with Crippen molar-refractivity contribution >= 4 is 40.8 Å². The zero-order chi connectivity index (χ0) is 20.8. The van der Waals surface area contributed by atoms with Gasteiger partial charge in [-0.3, -0.25) is 9.59 Å². The molecule has 1 aliphatic heterocycles. The summed E-state index contributed by atoms with van der Waals surface area (Å²) >= 11 is 1.43. The van der Waals surface area contributed by atoms with E-state index in [4.69, 9.17) is 10.5 Å². The largest absolute Gasteiger partial charge is 0.452 e. The Kier molecular flexibility index (Phi) is 6.82. The number of carbonyl (C=O) groups is 3. The van der Waals surface area contributed by atoms with E-state index >= 15 is 0 Å². The Hall–Kier alpha value is -2.93. The van der Waals surface area contributed by atoms with E-state index in [0.717, 1.165) is 16.0 Å². The number of carbonyl (C=O) groups excluding carboxylic acids is 3. The lowest BCUT2D eigenvalue weighted by atomic mass is 9.97. The van der Waals surface area contributed by atoms with Gasteiger partial charge in [0.1, 0.15) is 0 Å². The summed E-state index contributed by atoms with van der Waals surface area (Å²) in [6.07, 6.45) is 3.16. The molecule has 1 atom stereocenters. The zero-order valence-corrected chi connectivity index (χ0v) is 17.1. The predicted molar refractivity (Wildman–Crippen MR) is 113 cm³/mol. The highest BCUT2D eigenvalue weighted by Crippen LogP contribution is 2.25. The van der Waals surface area contributed by atoms with E-state index in [1.54, 1.807) is 11.0 Å². The van der Waals surface area contributed by atoms with Crippen LogP contribution in [0.2, 0.25) is 0 Å². The second kappa shape index (κ2) is 9.52. The van der Waals surface area contributed by atoms with Gasteiger partial charge in [0.2, 0.25) is 5.91 Å². The quantitative estimate of drug-likeness (QED) is 0.584. The van der Waals surface area contributed by atoms with Crippen LogP contribution in [0.4, 0.5) is 0 Å². The minimum absolute atomic E-state index is 0.280. The second-order valence-electron chi connectivity index (χ2n) is 7.11. The molecule has 152 valence electrons. The summed E-state index contributed by atoms with van der Waals surface area (Å²) in [7, 11) is 0. The van der Waals surface area contributed by atoms with Crippen molar-refractivity contribution in [1.82, 2.24) is 4.90 Å². The number of piperidine rings is 1. The van der Waals surface area contributed by atoms with Crippen LogP contribution in [0.15, 0.2) is 41.8 Å². The first-order chi connectivity index (χ1) is 13.9. The third-order valence-corrected chi connectivity index (χ3v) is 5.77. The van der Waals surface area contributed by atoms with Gasteiger partial charge in [-0.05, 0) is 42.9 Å². The van der Waals surface area contributed by atoms with Crippen molar-refractivity contribution in [3.63, 3.8) is 0 Å². The minimum atomic E-state index is -0.550. The SMILES string of the molecule is Cc1cccc(/C=C(/C(=O)OCC(=O)N2CCC[C@H](C(N)=O)C2)c2cccs2)c1. The number of likely N-dealkylation sites (tertiary alicyclic amines) is 1. The Bertz CT molecular complexity index is 921. The molecular weight excluding hydrogens is 388 g/mol. The number of primary amides is 1. The fraction of sp³-hybridized carbons (Fsp3) is 0.318. The molecule has 2 heterocycles. The number of nitrogens with zero attached hydrogens (tertiary/aromatic N) is 1. The van der Waals surface area contributed by atoms with E-state index in [0.29, 0.717) is 25.0 Å². The van der Waals surface area contributed by atoms with Gasteiger partial charge in [-0.25, -0.2) is 4.79 Å². The lowest BCUT2D eigenvalue weighted by Crippen LogP contribution is -2.45. The number of thiophene rings is 1. The van der Waals surface area contributed by atoms with E-state index in [-0.39, 0.29) is 25.0 Å². The Morgan fingerprint density at radius 2 is 2.10 bits per heavy atom. The number of rotatable bonds is 6. The normalized spacial score (nSPS) is 17.1. The van der Waals surface area contributed by atoms with Gasteiger partial charge in [0.25, 0.3) is 5.91 Å². The molecule has 0 unspecified atom stereocenters. The molecule has 6 nitrogen and oxygen atoms in total. The van der Waals surface area contributed by atoms with Crippen molar-refractivity contribution in [2.75, 3.05) is 19.7 Å². The molecule has 1 aromatic carbocycles. The average Bonchev–Trinajstić information content (AvgIpc) is 3.24. The van der Waals surface area contributed by atoms with Gasteiger partial charge >= 0.3 is 5.97 Å². The van der Waals surface area contributed by atoms with Gasteiger partial charge in [-0.1, -0.05) is 35.9 Å². The molecule has 1 saturated heterocycles. The molecule has 0 spiro atoms. The molecule has 0 bridgehead atoms. The highest BCUT2D eigenvalue weighted by atomic mass is 32.1. The van der Waals surface area contributed by atoms with Crippen molar-refractivity contribution in [3.05, 3.63) is 57.8 Å². The van der Waals surface area contributed by atoms with Crippen LogP contribution >= 0.6 is 11.3 Å². The first-order valence-electron chi connectivity index (χ1n) is 9.50. The summed E-state index contributed by atoms with van der Waals surface area (Å²) in [6.45, 7) is 2.44. The number of nitrogens with two attached hydrogens (primary N) is 1. The summed E-state index contributed by atoms with van der Waals surface area (Å²) in [6, 6.07) is 11.5. The number of hydrogen-bond donors (Lipinski definition) is 1. The lowest BCUT2D eigenvalue weighted by molar-refractivity contribution is -0.149. The van der Waals surface area contributed by atoms with Crippen LogP contribution in [-0.2, 0) is 19.1 Å². The number of benzene rings is 1. The molecule has 0 aliphatic carbocycles. The topological polar surface area (TPSA) is 89.7 Å². The van der Waals surface area contributed by atoms with Crippen LogP contribution in [0, 0.1) is 12.8 Å². The standard InChI is InChI=1S/C22H24N2O4S/c1-15-5-2-6-16(11-15)12-18(19-8-4-10-29-19)22(27)28-14-20(25)24-9-3-7-17(13-24)21(23)26/h2,4-6,8,10-12,17H,3,7,9,13-14H2,1H3,(H2,23,26)/b18-12+/t17-/m0/s1. The molecule has 2 amide bonds. The molecular formula is C22H24N2O4S. The predicted octanol–water partition coefficient (Wildman–Crippen LogP) is 2.86. The second-order valence-corrected chi connectivity index (χ2v) is 8.05. The van der Waals surface area contributed by atoms with Gasteiger partial charge in [-0.2, -0.15) is 0 Å². The fourth-order valence-corrected chi connectivity index (χ4v) is 4.05. The summed E-state index contributed by atoms with van der Waals surface area (Å²) in [4.78, 5) is 38.9. The van der Waals surface area contributed by atoms with Crippen molar-refractivity contribution in [3.8, 4) is 0 Å². The van der Waals surface area contributed by atoms with Crippen molar-refractivity contribution in [2.24, 2.45) is 11.7 Å². The van der Waals surface area contributed by atoms with Crippen LogP contribution in [0.25, 0.3) is 11.6 Å². The molecule has 1 fully saturated rings. The number of ether oxygens (including phenoxy) is 1. The molecule has 0 saturated carbocycles. The van der Waals surface area contributed by atoms with Crippen LogP contribution in [-0.4, -0.2) is 42.4 Å². The average molecular weight is 413 g/mol. The maximum Gasteiger partial charge on any atom is 0.340 e. The Balaban J connectivity index is 1.69. The van der Waals surface area contributed by atoms with E-state index in [1.165, 1.54) is 11.3 Å². The summed E-state index contributed by atoms with van der Waals surface area (Å²) < 4.78 is 5.33. The Morgan fingerprint density at radius 1 is 1.28 bits per heavy atom. The highest BCUT2D eigenvalue weighted by molar-refractivity contribution is 7.11. The monoisotopic (exact) mass is 412 g/mol. The molecule has 7 heteroatoms. The maximum atomic E-state index is 12.8. The fourth-order valence-electron chi connectivity index (χ4n) is 3.32. The van der Waals surface area contributed by atoms with Gasteiger partial charge in [-0.15, -0.1) is 11.3 Å². The molecule has 29 heavy (non-hydrogen) atoms. The van der Waals surface area contributed by atoms with Gasteiger partial charge in [0.15, 0.2) is 6.61 Å². The molecule has 1 aliphatic rings. The third-order valence-electron chi connectivity index (χ3n) is 4.86. The third kappa shape index (κ3) is 5.54. The molecule has 1 aromatic heterocycles. The van der Waals surface area contributed by atoms with Crippen LogP contribution in [0.1, 0.15) is 28.8 Å². The number of amides is 2. The molecule has 0 radical (unpaired) electrons. The smallest absolute Gasteiger partial charge is 0.340 e. The van der Waals surface area contributed by atoms with Gasteiger partial charge in [0.05, 0.1) is 11.5 Å². The Morgan fingerprint density at radius 3 is 2.79 bits per heavy atom. The molecule has 2 N–H and O–H groups in total. The lowest BCUT2D eigenvalue weighted by Gasteiger charge is -2.31. The van der Waals surface area contributed by atoms with Gasteiger partial charge in [0, 0.05) is 18.0 Å². The highest BCUT2D eigenvalue weighted by Gasteiger charge is 2.27. The van der Waals surface area contributed by atoms with Crippen molar-refractivity contribution in [2.45, 2.75) is 19.8 Å². The maximum absolute atomic E-state index is 12.8. The first-order valence-corrected chi connectivity index (χ1v) is 10.4. The number of aryl methyl sites for hydroxylation is 1. The summed E-state index contributed by atoms with van der Waals surface area (Å²) in [5.41, 5.74) is 7.74. The van der Waals surface area contributed by atoms with Crippen LogP contribution < -0.4 is 5.73 Å². The van der Waals surface area contributed by atoms with E-state index < -0.39 is 11.9 Å². The summed E-state index contributed by atoms with van der Waals surface area (Å²) in [5.74, 6) is -1.61. The molecule has 2 aromatic rings.